The van der Waals surface area contributed by atoms with E-state index < -0.39 is 11.2 Å². The van der Waals surface area contributed by atoms with E-state index >= 15 is 0 Å². The molecule has 104 valence electrons. The number of ketones is 1. The Morgan fingerprint density at radius 1 is 0.950 bits per heavy atom. The van der Waals surface area contributed by atoms with Crippen molar-refractivity contribution in [3.8, 4) is 0 Å². The average molecular weight is 274 g/mol. The molecule has 0 saturated carbocycles. The number of halogens is 2. The Hall–Kier alpha value is -2.03. The SMILES string of the molecule is Cc1cc(F)cc(C(=O)C(C)(C)c2ccc(F)cc2)c1. The minimum absolute atomic E-state index is 0.188. The smallest absolute Gasteiger partial charge is 0.172 e. The monoisotopic (exact) mass is 274 g/mol. The maximum absolute atomic E-state index is 13.4. The molecule has 0 atom stereocenters. The summed E-state index contributed by atoms with van der Waals surface area (Å²) in [5.74, 6) is -0.964. The van der Waals surface area contributed by atoms with Crippen LogP contribution in [0.25, 0.3) is 0 Å². The second-order valence-corrected chi connectivity index (χ2v) is 5.48. The summed E-state index contributed by atoms with van der Waals surface area (Å²) in [6.45, 7) is 5.25. The summed E-state index contributed by atoms with van der Waals surface area (Å²) in [5.41, 5.74) is 0.888. The molecular formula is C17H16F2O. The molecule has 0 heterocycles. The maximum atomic E-state index is 13.4. The second kappa shape index (κ2) is 5.16. The molecule has 2 aromatic carbocycles. The number of carbonyl (C=O) groups is 1. The molecule has 0 bridgehead atoms. The van der Waals surface area contributed by atoms with Crippen molar-refractivity contribution in [1.29, 1.82) is 0 Å². The third-order valence-electron chi connectivity index (χ3n) is 3.44. The Bertz CT molecular complexity index is 622. The van der Waals surface area contributed by atoms with E-state index in [1.807, 2.05) is 0 Å². The predicted octanol–water partition coefficient (Wildman–Crippen LogP) is 4.43. The zero-order chi connectivity index (χ0) is 14.9. The summed E-state index contributed by atoms with van der Waals surface area (Å²) in [7, 11) is 0. The maximum Gasteiger partial charge on any atom is 0.172 e. The lowest BCUT2D eigenvalue weighted by Gasteiger charge is -2.24. The molecule has 20 heavy (non-hydrogen) atoms. The van der Waals surface area contributed by atoms with Crippen molar-refractivity contribution in [1.82, 2.24) is 0 Å². The minimum atomic E-state index is -0.839. The van der Waals surface area contributed by atoms with E-state index in [1.54, 1.807) is 39.0 Å². The molecule has 0 aliphatic carbocycles. The number of benzene rings is 2. The summed E-state index contributed by atoms with van der Waals surface area (Å²) in [6, 6.07) is 10.1. The highest BCUT2D eigenvalue weighted by Crippen LogP contribution is 2.28. The number of Topliss-reactive ketones (excluding diaryl/α,β-unsaturated/α-hetero) is 1. The van der Waals surface area contributed by atoms with Crippen molar-refractivity contribution in [3.63, 3.8) is 0 Å². The Morgan fingerprint density at radius 2 is 1.55 bits per heavy atom. The van der Waals surface area contributed by atoms with Crippen molar-refractivity contribution in [2.75, 3.05) is 0 Å². The van der Waals surface area contributed by atoms with Crippen LogP contribution in [-0.4, -0.2) is 5.78 Å². The largest absolute Gasteiger partial charge is 0.293 e. The first-order chi connectivity index (χ1) is 9.30. The van der Waals surface area contributed by atoms with Crippen molar-refractivity contribution in [2.45, 2.75) is 26.2 Å². The standard InChI is InChI=1S/C17H16F2O/c1-11-8-12(10-15(19)9-11)16(20)17(2,3)13-4-6-14(18)7-5-13/h4-10H,1-3H3. The lowest BCUT2D eigenvalue weighted by molar-refractivity contribution is 0.0908. The van der Waals surface area contributed by atoms with E-state index in [4.69, 9.17) is 0 Å². The van der Waals surface area contributed by atoms with E-state index in [1.165, 1.54) is 24.3 Å². The molecule has 0 fully saturated rings. The van der Waals surface area contributed by atoms with Crippen LogP contribution in [0.15, 0.2) is 42.5 Å². The van der Waals surface area contributed by atoms with Gasteiger partial charge in [0.1, 0.15) is 11.6 Å². The molecule has 3 heteroatoms. The zero-order valence-electron chi connectivity index (χ0n) is 11.7. The molecule has 0 spiro atoms. The summed E-state index contributed by atoms with van der Waals surface area (Å²) < 4.78 is 26.4. The third kappa shape index (κ3) is 2.77. The lowest BCUT2D eigenvalue weighted by atomic mass is 9.78. The summed E-state index contributed by atoms with van der Waals surface area (Å²) >= 11 is 0. The first-order valence-electron chi connectivity index (χ1n) is 6.39. The van der Waals surface area contributed by atoms with Crippen LogP contribution >= 0.6 is 0 Å². The van der Waals surface area contributed by atoms with Gasteiger partial charge in [0.25, 0.3) is 0 Å². The fourth-order valence-corrected chi connectivity index (χ4v) is 2.23. The van der Waals surface area contributed by atoms with Gasteiger partial charge in [-0.05, 0) is 62.2 Å². The highest BCUT2D eigenvalue weighted by molar-refractivity contribution is 6.03. The molecule has 2 aromatic rings. The van der Waals surface area contributed by atoms with Gasteiger partial charge in [0.2, 0.25) is 0 Å². The Balaban J connectivity index is 2.42. The van der Waals surface area contributed by atoms with E-state index in [9.17, 15) is 13.6 Å². The molecule has 0 aliphatic rings. The number of hydrogen-bond acceptors (Lipinski definition) is 1. The Kier molecular flexibility index (Phi) is 3.71. The molecule has 1 nitrogen and oxygen atoms in total. The van der Waals surface area contributed by atoms with Gasteiger partial charge in [0, 0.05) is 5.56 Å². The minimum Gasteiger partial charge on any atom is -0.293 e. The summed E-state index contributed by atoms with van der Waals surface area (Å²) in [5, 5.41) is 0. The summed E-state index contributed by atoms with van der Waals surface area (Å²) in [4.78, 5) is 12.6. The van der Waals surface area contributed by atoms with Gasteiger partial charge in [0.05, 0.1) is 5.41 Å². The number of rotatable bonds is 3. The predicted molar refractivity (Wildman–Crippen MR) is 74.9 cm³/mol. The molecule has 0 unspecified atom stereocenters. The fraction of sp³-hybridized carbons (Fsp3) is 0.235. The molecule has 0 saturated heterocycles. The lowest BCUT2D eigenvalue weighted by Crippen LogP contribution is -2.29. The van der Waals surface area contributed by atoms with Crippen LogP contribution in [0.5, 0.6) is 0 Å². The number of aryl methyl sites for hydroxylation is 1. The molecule has 0 amide bonds. The van der Waals surface area contributed by atoms with E-state index in [-0.39, 0.29) is 11.6 Å². The fourth-order valence-electron chi connectivity index (χ4n) is 2.23. The molecular weight excluding hydrogens is 258 g/mol. The molecule has 2 rings (SSSR count). The molecule has 0 radical (unpaired) electrons. The van der Waals surface area contributed by atoms with Gasteiger partial charge in [-0.1, -0.05) is 12.1 Å². The van der Waals surface area contributed by atoms with Crippen LogP contribution in [-0.2, 0) is 5.41 Å². The Labute approximate surface area is 117 Å². The van der Waals surface area contributed by atoms with Crippen LogP contribution in [0.2, 0.25) is 0 Å². The number of hydrogen-bond donors (Lipinski definition) is 0. The molecule has 0 aliphatic heterocycles. The van der Waals surface area contributed by atoms with Crippen LogP contribution < -0.4 is 0 Å². The van der Waals surface area contributed by atoms with Crippen LogP contribution in [0.3, 0.4) is 0 Å². The van der Waals surface area contributed by atoms with Gasteiger partial charge in [-0.15, -0.1) is 0 Å². The first-order valence-corrected chi connectivity index (χ1v) is 6.39. The third-order valence-corrected chi connectivity index (χ3v) is 3.44. The quantitative estimate of drug-likeness (QED) is 0.756. The zero-order valence-corrected chi connectivity index (χ0v) is 11.7. The van der Waals surface area contributed by atoms with Gasteiger partial charge >= 0.3 is 0 Å². The van der Waals surface area contributed by atoms with Gasteiger partial charge in [-0.2, -0.15) is 0 Å². The summed E-state index contributed by atoms with van der Waals surface area (Å²) in [6.07, 6.45) is 0. The van der Waals surface area contributed by atoms with E-state index in [0.29, 0.717) is 16.7 Å². The highest BCUT2D eigenvalue weighted by atomic mass is 19.1. The molecule has 0 aromatic heterocycles. The topological polar surface area (TPSA) is 17.1 Å². The van der Waals surface area contributed by atoms with Gasteiger partial charge in [-0.25, -0.2) is 8.78 Å². The van der Waals surface area contributed by atoms with Gasteiger partial charge < -0.3 is 0 Å². The van der Waals surface area contributed by atoms with Crippen LogP contribution in [0.1, 0.15) is 35.3 Å². The Morgan fingerprint density at radius 3 is 2.10 bits per heavy atom. The highest BCUT2D eigenvalue weighted by Gasteiger charge is 2.31. The normalized spacial score (nSPS) is 11.4. The van der Waals surface area contributed by atoms with Gasteiger partial charge in [-0.3, -0.25) is 4.79 Å². The number of carbonyl (C=O) groups excluding carboxylic acids is 1. The van der Waals surface area contributed by atoms with E-state index in [2.05, 4.69) is 0 Å². The second-order valence-electron chi connectivity index (χ2n) is 5.48. The van der Waals surface area contributed by atoms with Crippen molar-refractivity contribution in [3.05, 3.63) is 70.8 Å². The average Bonchev–Trinajstić information content (AvgIpc) is 2.37. The van der Waals surface area contributed by atoms with Crippen molar-refractivity contribution in [2.24, 2.45) is 0 Å². The van der Waals surface area contributed by atoms with Crippen LogP contribution in [0.4, 0.5) is 8.78 Å². The van der Waals surface area contributed by atoms with Gasteiger partial charge in [0.15, 0.2) is 5.78 Å². The van der Waals surface area contributed by atoms with E-state index in [0.717, 1.165) is 0 Å². The first kappa shape index (κ1) is 14.4. The molecule has 0 N–H and O–H groups in total. The van der Waals surface area contributed by atoms with Crippen LogP contribution in [0, 0.1) is 18.6 Å². The van der Waals surface area contributed by atoms with Crippen molar-refractivity contribution < 1.29 is 13.6 Å². The van der Waals surface area contributed by atoms with Crippen molar-refractivity contribution >= 4 is 5.78 Å².